The fourth-order valence-electron chi connectivity index (χ4n) is 2.63. The molecule has 3 rings (SSSR count). The van der Waals surface area contributed by atoms with Gasteiger partial charge in [0, 0.05) is 51.1 Å². The van der Waals surface area contributed by atoms with Crippen LogP contribution in [-0.2, 0) is 11.3 Å². The van der Waals surface area contributed by atoms with Crippen molar-refractivity contribution >= 4 is 11.6 Å². The lowest BCUT2D eigenvalue weighted by molar-refractivity contribution is 0.177. The number of halogens is 1. The summed E-state index contributed by atoms with van der Waals surface area (Å²) in [7, 11) is 1.63. The Bertz CT molecular complexity index is 675. The summed E-state index contributed by atoms with van der Waals surface area (Å²) in [5, 5.41) is 0. The third-order valence-corrected chi connectivity index (χ3v) is 3.71. The van der Waals surface area contributed by atoms with E-state index in [0.29, 0.717) is 18.2 Å². The van der Waals surface area contributed by atoms with Crippen LogP contribution in [0.25, 0.3) is 0 Å². The second kappa shape index (κ2) is 6.82. The standard InChI is InChI=1S/C15H19FN6O/c1-11-7-15(20-13(19-11)9-23-2)22-5-3-21(4-6-22)14-8-12(16)17-10-18-14/h7-8,10H,3-6,9H2,1-2H3. The van der Waals surface area contributed by atoms with Gasteiger partial charge in [0.25, 0.3) is 0 Å². The minimum atomic E-state index is -0.506. The number of aromatic nitrogens is 4. The molecule has 0 atom stereocenters. The summed E-state index contributed by atoms with van der Waals surface area (Å²) in [5.41, 5.74) is 0.919. The van der Waals surface area contributed by atoms with Gasteiger partial charge in [0.2, 0.25) is 5.95 Å². The molecule has 1 aliphatic rings. The van der Waals surface area contributed by atoms with Crippen LogP contribution in [0, 0.1) is 12.9 Å². The van der Waals surface area contributed by atoms with Crippen LogP contribution >= 0.6 is 0 Å². The second-order valence-electron chi connectivity index (χ2n) is 5.39. The van der Waals surface area contributed by atoms with Gasteiger partial charge in [-0.2, -0.15) is 4.39 Å². The molecule has 23 heavy (non-hydrogen) atoms. The van der Waals surface area contributed by atoms with Gasteiger partial charge in [-0.25, -0.2) is 19.9 Å². The quantitative estimate of drug-likeness (QED) is 0.784. The van der Waals surface area contributed by atoms with Crippen molar-refractivity contribution in [1.82, 2.24) is 19.9 Å². The van der Waals surface area contributed by atoms with Gasteiger partial charge in [-0.1, -0.05) is 0 Å². The molecule has 0 saturated carbocycles. The molecule has 2 aromatic rings. The van der Waals surface area contributed by atoms with Crippen LogP contribution in [0.15, 0.2) is 18.5 Å². The molecule has 3 heterocycles. The van der Waals surface area contributed by atoms with Crippen LogP contribution < -0.4 is 9.80 Å². The highest BCUT2D eigenvalue weighted by Crippen LogP contribution is 2.18. The first-order chi connectivity index (χ1) is 11.2. The van der Waals surface area contributed by atoms with Crippen molar-refractivity contribution in [2.75, 3.05) is 43.1 Å². The Labute approximate surface area is 134 Å². The molecule has 1 fully saturated rings. The van der Waals surface area contributed by atoms with E-state index in [4.69, 9.17) is 4.74 Å². The highest BCUT2D eigenvalue weighted by atomic mass is 19.1. The Hall–Kier alpha value is -2.35. The molecular weight excluding hydrogens is 299 g/mol. The molecule has 0 N–H and O–H groups in total. The predicted octanol–water partition coefficient (Wildman–Crippen LogP) is 1.19. The van der Waals surface area contributed by atoms with Crippen LogP contribution in [0.5, 0.6) is 0 Å². The predicted molar refractivity (Wildman–Crippen MR) is 83.9 cm³/mol. The maximum absolute atomic E-state index is 13.2. The Balaban J connectivity index is 1.69. The van der Waals surface area contributed by atoms with Gasteiger partial charge in [0.1, 0.15) is 24.6 Å². The molecule has 0 bridgehead atoms. The SMILES string of the molecule is COCc1nc(C)cc(N2CCN(c3cc(F)ncn3)CC2)n1. The summed E-state index contributed by atoms with van der Waals surface area (Å²) in [4.78, 5) is 20.8. The van der Waals surface area contributed by atoms with Crippen LogP contribution in [0.2, 0.25) is 0 Å². The Kier molecular flexibility index (Phi) is 4.61. The number of aryl methyl sites for hydroxylation is 1. The van der Waals surface area contributed by atoms with Crippen LogP contribution in [0.1, 0.15) is 11.5 Å². The molecule has 0 spiro atoms. The minimum absolute atomic E-state index is 0.398. The molecule has 7 nitrogen and oxygen atoms in total. The normalized spacial score (nSPS) is 15.1. The lowest BCUT2D eigenvalue weighted by atomic mass is 10.3. The molecule has 1 aliphatic heterocycles. The monoisotopic (exact) mass is 318 g/mol. The van der Waals surface area contributed by atoms with Crippen LogP contribution in [0.3, 0.4) is 0 Å². The first kappa shape index (κ1) is 15.5. The van der Waals surface area contributed by atoms with E-state index in [1.165, 1.54) is 12.4 Å². The van der Waals surface area contributed by atoms with Gasteiger partial charge in [0.05, 0.1) is 0 Å². The van der Waals surface area contributed by atoms with Crippen molar-refractivity contribution < 1.29 is 9.13 Å². The summed E-state index contributed by atoms with van der Waals surface area (Å²) in [6.07, 6.45) is 1.25. The van der Waals surface area contributed by atoms with Gasteiger partial charge in [-0.05, 0) is 6.92 Å². The number of anilines is 2. The Morgan fingerprint density at radius 3 is 2.39 bits per heavy atom. The summed E-state index contributed by atoms with van der Waals surface area (Å²) >= 11 is 0. The fourth-order valence-corrected chi connectivity index (χ4v) is 2.63. The molecule has 2 aromatic heterocycles. The molecule has 8 heteroatoms. The van der Waals surface area contributed by atoms with E-state index in [-0.39, 0.29) is 0 Å². The minimum Gasteiger partial charge on any atom is -0.377 e. The number of ether oxygens (including phenoxy) is 1. The number of nitrogens with zero attached hydrogens (tertiary/aromatic N) is 6. The summed E-state index contributed by atoms with van der Waals surface area (Å²) < 4.78 is 18.3. The largest absolute Gasteiger partial charge is 0.377 e. The molecule has 0 aromatic carbocycles. The number of hydrogen-bond acceptors (Lipinski definition) is 7. The zero-order valence-electron chi connectivity index (χ0n) is 13.2. The summed E-state index contributed by atoms with van der Waals surface area (Å²) in [5.74, 6) is 1.70. The Morgan fingerprint density at radius 1 is 1.04 bits per heavy atom. The Morgan fingerprint density at radius 2 is 1.74 bits per heavy atom. The van der Waals surface area contributed by atoms with E-state index >= 15 is 0 Å². The first-order valence-corrected chi connectivity index (χ1v) is 7.46. The van der Waals surface area contributed by atoms with Crippen LogP contribution in [-0.4, -0.2) is 53.2 Å². The lowest BCUT2D eigenvalue weighted by Crippen LogP contribution is -2.47. The highest BCUT2D eigenvalue weighted by molar-refractivity contribution is 5.45. The van der Waals surface area contributed by atoms with Crippen molar-refractivity contribution in [2.45, 2.75) is 13.5 Å². The van der Waals surface area contributed by atoms with E-state index in [0.717, 1.165) is 37.7 Å². The second-order valence-corrected chi connectivity index (χ2v) is 5.39. The van der Waals surface area contributed by atoms with Crippen molar-refractivity contribution in [3.8, 4) is 0 Å². The summed E-state index contributed by atoms with van der Waals surface area (Å²) in [6, 6.07) is 3.33. The van der Waals surface area contributed by atoms with Crippen molar-refractivity contribution in [1.29, 1.82) is 0 Å². The average Bonchev–Trinajstić information content (AvgIpc) is 2.55. The molecule has 1 saturated heterocycles. The van der Waals surface area contributed by atoms with Gasteiger partial charge >= 0.3 is 0 Å². The van der Waals surface area contributed by atoms with Crippen LogP contribution in [0.4, 0.5) is 16.0 Å². The maximum atomic E-state index is 13.2. The molecule has 0 amide bonds. The van der Waals surface area contributed by atoms with E-state index in [1.54, 1.807) is 7.11 Å². The zero-order chi connectivity index (χ0) is 16.2. The van der Waals surface area contributed by atoms with Gasteiger partial charge < -0.3 is 14.5 Å². The topological polar surface area (TPSA) is 67.3 Å². The van der Waals surface area contributed by atoms with Gasteiger partial charge in [-0.15, -0.1) is 0 Å². The number of rotatable bonds is 4. The van der Waals surface area contributed by atoms with E-state index in [2.05, 4.69) is 24.8 Å². The van der Waals surface area contributed by atoms with Crippen molar-refractivity contribution in [3.05, 3.63) is 35.9 Å². The van der Waals surface area contributed by atoms with Gasteiger partial charge in [-0.3, -0.25) is 0 Å². The van der Waals surface area contributed by atoms with Gasteiger partial charge in [0.15, 0.2) is 5.82 Å². The van der Waals surface area contributed by atoms with Crippen molar-refractivity contribution in [2.24, 2.45) is 0 Å². The smallest absolute Gasteiger partial charge is 0.218 e. The fraction of sp³-hybridized carbons (Fsp3) is 0.467. The van der Waals surface area contributed by atoms with Crippen molar-refractivity contribution in [3.63, 3.8) is 0 Å². The number of methoxy groups -OCH3 is 1. The summed E-state index contributed by atoms with van der Waals surface area (Å²) in [6.45, 7) is 5.42. The highest BCUT2D eigenvalue weighted by Gasteiger charge is 2.20. The lowest BCUT2D eigenvalue weighted by Gasteiger charge is -2.36. The molecular formula is C15H19FN6O. The zero-order valence-corrected chi connectivity index (χ0v) is 13.2. The first-order valence-electron chi connectivity index (χ1n) is 7.46. The average molecular weight is 318 g/mol. The molecule has 0 aliphatic carbocycles. The number of hydrogen-bond donors (Lipinski definition) is 0. The maximum Gasteiger partial charge on any atom is 0.218 e. The number of piperazine rings is 1. The molecule has 0 unspecified atom stereocenters. The van der Waals surface area contributed by atoms with E-state index in [1.807, 2.05) is 17.9 Å². The molecule has 0 radical (unpaired) electrons. The third-order valence-electron chi connectivity index (χ3n) is 3.71. The van der Waals surface area contributed by atoms with E-state index in [9.17, 15) is 4.39 Å². The third kappa shape index (κ3) is 3.70. The van der Waals surface area contributed by atoms with E-state index < -0.39 is 5.95 Å². The molecule has 122 valence electrons.